The lowest BCUT2D eigenvalue weighted by atomic mass is 10.00. The van der Waals surface area contributed by atoms with E-state index in [-0.39, 0.29) is 24.6 Å². The van der Waals surface area contributed by atoms with Crippen molar-refractivity contribution in [1.82, 2.24) is 16.0 Å². The maximum atomic E-state index is 13.6. The summed E-state index contributed by atoms with van der Waals surface area (Å²) in [7, 11) is 0. The van der Waals surface area contributed by atoms with E-state index in [1.807, 2.05) is 105 Å². The van der Waals surface area contributed by atoms with Gasteiger partial charge in [-0.15, -0.1) is 0 Å². The van der Waals surface area contributed by atoms with Crippen LogP contribution in [0.2, 0.25) is 0 Å². The monoisotopic (exact) mass is 559 g/mol. The first-order chi connectivity index (χ1) is 19.2. The molecule has 3 aromatic carbocycles. The van der Waals surface area contributed by atoms with E-state index in [4.69, 9.17) is 4.74 Å². The molecular formula is C31H33N3O5S. The molecule has 0 radical (unpaired) electrons. The van der Waals surface area contributed by atoms with Crippen LogP contribution in [0.15, 0.2) is 91.0 Å². The van der Waals surface area contributed by atoms with Crippen molar-refractivity contribution in [3.05, 3.63) is 108 Å². The van der Waals surface area contributed by atoms with Crippen LogP contribution < -0.4 is 16.0 Å². The van der Waals surface area contributed by atoms with E-state index in [0.717, 1.165) is 16.7 Å². The van der Waals surface area contributed by atoms with E-state index in [2.05, 4.69) is 16.0 Å². The Bertz CT molecular complexity index is 1320. The predicted octanol–water partition coefficient (Wildman–Crippen LogP) is 3.79. The molecule has 4 rings (SSSR count). The van der Waals surface area contributed by atoms with Gasteiger partial charge in [0.2, 0.25) is 16.9 Å². The normalized spacial score (nSPS) is 17.1. The van der Waals surface area contributed by atoms with E-state index in [9.17, 15) is 19.2 Å². The highest BCUT2D eigenvalue weighted by Gasteiger charge is 2.49. The lowest BCUT2D eigenvalue weighted by Gasteiger charge is -2.42. The van der Waals surface area contributed by atoms with Crippen LogP contribution >= 0.6 is 11.8 Å². The van der Waals surface area contributed by atoms with Gasteiger partial charge in [-0.2, -0.15) is 0 Å². The van der Waals surface area contributed by atoms with Crippen LogP contribution in [0.5, 0.6) is 0 Å². The Balaban J connectivity index is 1.49. The number of amides is 3. The van der Waals surface area contributed by atoms with E-state index in [1.165, 1.54) is 11.8 Å². The number of benzene rings is 3. The molecule has 208 valence electrons. The van der Waals surface area contributed by atoms with Crippen molar-refractivity contribution in [1.29, 1.82) is 0 Å². The van der Waals surface area contributed by atoms with Crippen LogP contribution in [0.4, 0.5) is 4.79 Å². The third-order valence-corrected chi connectivity index (χ3v) is 7.80. The van der Waals surface area contributed by atoms with E-state index in [0.29, 0.717) is 0 Å². The van der Waals surface area contributed by atoms with Gasteiger partial charge in [-0.05, 0) is 30.5 Å². The molecule has 1 heterocycles. The van der Waals surface area contributed by atoms with Gasteiger partial charge in [-0.25, -0.2) is 4.79 Å². The van der Waals surface area contributed by atoms with Crippen LogP contribution in [0.25, 0.3) is 0 Å². The van der Waals surface area contributed by atoms with E-state index < -0.39 is 40.8 Å². The predicted molar refractivity (Wildman–Crippen MR) is 154 cm³/mol. The quantitative estimate of drug-likeness (QED) is 0.330. The van der Waals surface area contributed by atoms with Crippen LogP contribution in [0.3, 0.4) is 0 Å². The first-order valence-electron chi connectivity index (χ1n) is 13.1. The van der Waals surface area contributed by atoms with Crippen LogP contribution in [0, 0.1) is 0 Å². The van der Waals surface area contributed by atoms with Gasteiger partial charge in [0.05, 0.1) is 0 Å². The molecule has 0 aromatic heterocycles. The van der Waals surface area contributed by atoms with Gasteiger partial charge < -0.3 is 20.7 Å². The molecule has 0 bridgehead atoms. The van der Waals surface area contributed by atoms with Crippen LogP contribution in [-0.2, 0) is 38.6 Å². The maximum absolute atomic E-state index is 13.6. The molecule has 0 saturated carbocycles. The molecule has 1 fully saturated rings. The average molecular weight is 560 g/mol. The highest BCUT2D eigenvalue weighted by Crippen LogP contribution is 2.41. The second kappa shape index (κ2) is 13.3. The number of carbonyl (C=O) groups is 4. The van der Waals surface area contributed by atoms with Crippen molar-refractivity contribution in [3.8, 4) is 0 Å². The first kappa shape index (κ1) is 28.9. The minimum atomic E-state index is -1.01. The third-order valence-electron chi connectivity index (χ3n) is 6.60. The number of nitrogens with one attached hydrogen (secondary N) is 3. The number of hydrogen-bond acceptors (Lipinski definition) is 6. The minimum Gasteiger partial charge on any atom is -0.445 e. The van der Waals surface area contributed by atoms with Gasteiger partial charge in [0.15, 0.2) is 0 Å². The van der Waals surface area contributed by atoms with Gasteiger partial charge in [0.25, 0.3) is 0 Å². The summed E-state index contributed by atoms with van der Waals surface area (Å²) in [6, 6.07) is 25.2. The Morgan fingerprint density at radius 2 is 1.23 bits per heavy atom. The lowest BCUT2D eigenvalue weighted by Crippen LogP contribution is -2.63. The molecule has 3 aromatic rings. The van der Waals surface area contributed by atoms with Crippen LogP contribution in [0.1, 0.15) is 30.5 Å². The van der Waals surface area contributed by atoms with Gasteiger partial charge in [-0.1, -0.05) is 103 Å². The average Bonchev–Trinajstić information content (AvgIpc) is 2.95. The Hall–Kier alpha value is -4.11. The molecular weight excluding hydrogens is 526 g/mol. The fourth-order valence-electron chi connectivity index (χ4n) is 4.38. The van der Waals surface area contributed by atoms with Crippen molar-refractivity contribution >= 4 is 34.8 Å². The molecule has 9 heteroatoms. The molecule has 0 spiro atoms. The molecule has 3 amide bonds. The number of thioether (sulfide) groups is 1. The van der Waals surface area contributed by atoms with Crippen molar-refractivity contribution in [2.45, 2.75) is 56.2 Å². The molecule has 3 atom stereocenters. The number of carbonyl (C=O) groups excluding carboxylic acids is 4. The summed E-state index contributed by atoms with van der Waals surface area (Å²) in [5, 5.41) is 8.18. The largest absolute Gasteiger partial charge is 0.445 e. The van der Waals surface area contributed by atoms with Crippen molar-refractivity contribution in [2.75, 3.05) is 0 Å². The molecule has 1 aliphatic rings. The second-order valence-electron chi connectivity index (χ2n) is 10.2. The molecule has 1 saturated heterocycles. The van der Waals surface area contributed by atoms with Crippen molar-refractivity contribution in [3.63, 3.8) is 0 Å². The number of alkyl carbamates (subject to hydrolysis) is 1. The zero-order valence-corrected chi connectivity index (χ0v) is 23.3. The highest BCUT2D eigenvalue weighted by atomic mass is 32.2. The number of ether oxygens (including phenoxy) is 1. The van der Waals surface area contributed by atoms with Gasteiger partial charge in [0.1, 0.15) is 24.7 Å². The topological polar surface area (TPSA) is 114 Å². The Morgan fingerprint density at radius 1 is 0.750 bits per heavy atom. The lowest BCUT2D eigenvalue weighted by molar-refractivity contribution is -0.131. The van der Waals surface area contributed by atoms with Gasteiger partial charge in [0, 0.05) is 17.6 Å². The zero-order chi connectivity index (χ0) is 28.5. The number of hydrogen-bond donors (Lipinski definition) is 3. The van der Waals surface area contributed by atoms with Gasteiger partial charge >= 0.3 is 6.09 Å². The SMILES string of the molecule is CC1(C)SC(=O)[C@H]1NC(=O)[C@H](Cc1ccccc1)NC(=O)[C@H](Cc1ccccc1)NC(=O)OCc1ccccc1. The molecule has 0 unspecified atom stereocenters. The number of rotatable bonds is 11. The summed E-state index contributed by atoms with van der Waals surface area (Å²) in [4.78, 5) is 51.9. The molecule has 40 heavy (non-hydrogen) atoms. The fourth-order valence-corrected chi connectivity index (χ4v) is 5.46. The summed E-state index contributed by atoms with van der Waals surface area (Å²) in [6.45, 7) is 3.82. The summed E-state index contributed by atoms with van der Waals surface area (Å²) in [5.41, 5.74) is 2.48. The summed E-state index contributed by atoms with van der Waals surface area (Å²) >= 11 is 1.18. The molecule has 0 aliphatic carbocycles. The summed E-state index contributed by atoms with van der Waals surface area (Å²) in [5.74, 6) is -1.00. The third kappa shape index (κ3) is 7.95. The van der Waals surface area contributed by atoms with Crippen LogP contribution in [-0.4, -0.2) is 45.9 Å². The molecule has 1 aliphatic heterocycles. The first-order valence-corrected chi connectivity index (χ1v) is 13.9. The van der Waals surface area contributed by atoms with Crippen molar-refractivity contribution < 1.29 is 23.9 Å². The standard InChI is InChI=1S/C31H33N3O5S/c1-31(2)26(29(37)40-31)34-28(36)24(18-21-12-6-3-7-13-21)32-27(35)25(19-22-14-8-4-9-15-22)33-30(38)39-20-23-16-10-5-11-17-23/h3-17,24-26H,18-20H2,1-2H3,(H,32,35)(H,33,38)(H,34,36)/t24-,25-,26+/m0/s1. The summed E-state index contributed by atoms with van der Waals surface area (Å²) < 4.78 is 4.92. The minimum absolute atomic E-state index is 0.0502. The maximum Gasteiger partial charge on any atom is 0.408 e. The van der Waals surface area contributed by atoms with E-state index >= 15 is 0 Å². The highest BCUT2D eigenvalue weighted by molar-refractivity contribution is 8.17. The fraction of sp³-hybridized carbons (Fsp3) is 0.290. The van der Waals surface area contributed by atoms with Crippen molar-refractivity contribution in [2.24, 2.45) is 0 Å². The van der Waals surface area contributed by atoms with E-state index in [1.54, 1.807) is 0 Å². The Morgan fingerprint density at radius 3 is 1.70 bits per heavy atom. The smallest absolute Gasteiger partial charge is 0.408 e. The Kier molecular flexibility index (Phi) is 9.60. The zero-order valence-electron chi connectivity index (χ0n) is 22.5. The molecule has 8 nitrogen and oxygen atoms in total. The second-order valence-corrected chi connectivity index (χ2v) is 11.8. The summed E-state index contributed by atoms with van der Waals surface area (Å²) in [6.07, 6.45) is -0.344. The Labute approximate surface area is 238 Å². The molecule has 3 N–H and O–H groups in total. The van der Waals surface area contributed by atoms with Gasteiger partial charge in [-0.3, -0.25) is 14.4 Å².